The van der Waals surface area contributed by atoms with Crippen LogP contribution in [-0.2, 0) is 4.79 Å². The summed E-state index contributed by atoms with van der Waals surface area (Å²) in [4.78, 5) is 29.2. The van der Waals surface area contributed by atoms with Crippen LogP contribution in [0.1, 0.15) is 21.6 Å². The number of aryl methyl sites for hydroxylation is 1. The van der Waals surface area contributed by atoms with Gasteiger partial charge >= 0.3 is 5.97 Å². The molecule has 0 saturated carbocycles. The minimum absolute atomic E-state index is 0.106. The lowest BCUT2D eigenvalue weighted by molar-refractivity contribution is -0.141. The van der Waals surface area contributed by atoms with Crippen LogP contribution in [-0.4, -0.2) is 44.0 Å². The summed E-state index contributed by atoms with van der Waals surface area (Å²) in [6, 6.07) is -0.732. The molecule has 17 heavy (non-hydrogen) atoms. The largest absolute Gasteiger partial charge is 0.480 e. The van der Waals surface area contributed by atoms with Crippen molar-refractivity contribution < 1.29 is 14.7 Å². The van der Waals surface area contributed by atoms with E-state index in [4.69, 9.17) is 5.11 Å². The number of hydrogen-bond acceptors (Lipinski definition) is 5. The molecule has 2 heterocycles. The molecule has 2 unspecified atom stereocenters. The first-order valence-corrected chi connectivity index (χ1v) is 6.96. The molecule has 2 rings (SSSR count). The van der Waals surface area contributed by atoms with E-state index in [9.17, 15) is 9.59 Å². The molecule has 2 atom stereocenters. The molecule has 7 heteroatoms. The molecular formula is C10H12N2O3S2. The number of hydrogen-bond donors (Lipinski definition) is 1. The Morgan fingerprint density at radius 1 is 1.59 bits per heavy atom. The Hall–Kier alpha value is -1.08. The second-order valence-corrected chi connectivity index (χ2v) is 6.33. The molecule has 1 aliphatic heterocycles. The van der Waals surface area contributed by atoms with Crippen molar-refractivity contribution in [3.8, 4) is 0 Å². The summed E-state index contributed by atoms with van der Waals surface area (Å²) in [7, 11) is 0. The summed E-state index contributed by atoms with van der Waals surface area (Å²) in [5, 5.41) is 9.78. The summed E-state index contributed by atoms with van der Waals surface area (Å²) >= 11 is 2.77. The van der Waals surface area contributed by atoms with Gasteiger partial charge in [0.2, 0.25) is 0 Å². The van der Waals surface area contributed by atoms with Gasteiger partial charge in [-0.1, -0.05) is 0 Å². The van der Waals surface area contributed by atoms with Crippen molar-refractivity contribution in [2.45, 2.75) is 25.3 Å². The van der Waals surface area contributed by atoms with Crippen molar-refractivity contribution in [1.82, 2.24) is 9.88 Å². The predicted molar refractivity (Wildman–Crippen MR) is 66.4 cm³/mol. The van der Waals surface area contributed by atoms with Crippen LogP contribution >= 0.6 is 23.1 Å². The molecule has 0 radical (unpaired) electrons. The molecule has 1 amide bonds. The Labute approximate surface area is 107 Å². The highest BCUT2D eigenvalue weighted by Gasteiger charge is 2.40. The van der Waals surface area contributed by atoms with Crippen LogP contribution < -0.4 is 0 Å². The van der Waals surface area contributed by atoms with Crippen molar-refractivity contribution in [1.29, 1.82) is 0 Å². The van der Waals surface area contributed by atoms with Crippen molar-refractivity contribution in [2.75, 3.05) is 5.75 Å². The van der Waals surface area contributed by atoms with Crippen LogP contribution in [0.3, 0.4) is 0 Å². The van der Waals surface area contributed by atoms with Gasteiger partial charge in [-0.05, 0) is 13.8 Å². The average Bonchev–Trinajstić information content (AvgIpc) is 2.83. The van der Waals surface area contributed by atoms with E-state index in [2.05, 4.69) is 4.98 Å². The lowest BCUT2D eigenvalue weighted by atomic mass is 10.2. The lowest BCUT2D eigenvalue weighted by Gasteiger charge is -2.24. The minimum Gasteiger partial charge on any atom is -0.480 e. The van der Waals surface area contributed by atoms with Gasteiger partial charge in [-0.15, -0.1) is 23.1 Å². The van der Waals surface area contributed by atoms with Gasteiger partial charge in [-0.3, -0.25) is 4.79 Å². The number of aromatic nitrogens is 1. The number of carboxylic acids is 1. The number of carbonyl (C=O) groups is 2. The topological polar surface area (TPSA) is 70.5 Å². The highest BCUT2D eigenvalue weighted by atomic mass is 32.2. The van der Waals surface area contributed by atoms with E-state index in [0.29, 0.717) is 10.6 Å². The smallest absolute Gasteiger partial charge is 0.327 e. The molecule has 1 fully saturated rings. The normalized spacial score (nSPS) is 24.0. The number of aliphatic carboxylic acids is 1. The standard InChI is InChI=1S/C10H12N2O3S2/c1-5-11-3-8(17-5)9(13)12-6(2)16-4-7(12)10(14)15/h3,6-7H,4H2,1-2H3,(H,14,15). The molecule has 1 aliphatic rings. The Morgan fingerprint density at radius 3 is 2.82 bits per heavy atom. The number of rotatable bonds is 2. The predicted octanol–water partition coefficient (Wildman–Crippen LogP) is 1.44. The van der Waals surface area contributed by atoms with Crippen LogP contribution in [0, 0.1) is 6.92 Å². The molecule has 1 aromatic heterocycles. The molecule has 0 aliphatic carbocycles. The van der Waals surface area contributed by atoms with Gasteiger partial charge in [0.1, 0.15) is 10.9 Å². The highest BCUT2D eigenvalue weighted by Crippen LogP contribution is 2.31. The van der Waals surface area contributed by atoms with Crippen molar-refractivity contribution in [2.24, 2.45) is 0 Å². The fourth-order valence-corrected chi connectivity index (χ4v) is 3.62. The van der Waals surface area contributed by atoms with Crippen LogP contribution in [0.15, 0.2) is 6.20 Å². The molecule has 0 spiro atoms. The molecule has 92 valence electrons. The molecule has 5 nitrogen and oxygen atoms in total. The SMILES string of the molecule is Cc1ncc(C(=O)N2C(C)SCC2C(=O)O)s1. The van der Waals surface area contributed by atoms with E-state index in [-0.39, 0.29) is 11.3 Å². The lowest BCUT2D eigenvalue weighted by Crippen LogP contribution is -2.44. The summed E-state index contributed by atoms with van der Waals surface area (Å²) < 4.78 is 0. The fraction of sp³-hybridized carbons (Fsp3) is 0.500. The maximum absolute atomic E-state index is 12.2. The summed E-state index contributed by atoms with van der Waals surface area (Å²) in [5.41, 5.74) is 0. The molecule has 0 aromatic carbocycles. The van der Waals surface area contributed by atoms with E-state index in [1.54, 1.807) is 0 Å². The van der Waals surface area contributed by atoms with Crippen molar-refractivity contribution in [3.63, 3.8) is 0 Å². The fourth-order valence-electron chi connectivity index (χ4n) is 1.73. The number of nitrogens with zero attached hydrogens (tertiary/aromatic N) is 2. The zero-order valence-electron chi connectivity index (χ0n) is 9.41. The Kier molecular flexibility index (Phi) is 3.39. The summed E-state index contributed by atoms with van der Waals surface area (Å²) in [6.45, 7) is 3.66. The first-order valence-electron chi connectivity index (χ1n) is 5.10. The number of thiazole rings is 1. The molecule has 1 N–H and O–H groups in total. The zero-order chi connectivity index (χ0) is 12.6. The van der Waals surface area contributed by atoms with Crippen LogP contribution in [0.4, 0.5) is 0 Å². The van der Waals surface area contributed by atoms with Gasteiger partial charge in [0.15, 0.2) is 0 Å². The maximum atomic E-state index is 12.2. The van der Waals surface area contributed by atoms with E-state index in [1.165, 1.54) is 34.2 Å². The second-order valence-electron chi connectivity index (χ2n) is 3.74. The molecular weight excluding hydrogens is 260 g/mol. The van der Waals surface area contributed by atoms with Crippen LogP contribution in [0.2, 0.25) is 0 Å². The van der Waals surface area contributed by atoms with Gasteiger partial charge in [-0.2, -0.15) is 0 Å². The second kappa shape index (κ2) is 4.66. The van der Waals surface area contributed by atoms with Gasteiger partial charge in [0.25, 0.3) is 5.91 Å². The number of thioether (sulfide) groups is 1. The first-order chi connectivity index (χ1) is 8.00. The Bertz CT molecular complexity index is 460. The van der Waals surface area contributed by atoms with Crippen molar-refractivity contribution >= 4 is 35.0 Å². The number of amides is 1. The van der Waals surface area contributed by atoms with Gasteiger partial charge in [0, 0.05) is 5.75 Å². The third kappa shape index (κ3) is 2.30. The molecule has 1 aromatic rings. The van der Waals surface area contributed by atoms with E-state index in [1.807, 2.05) is 13.8 Å². The van der Waals surface area contributed by atoms with E-state index >= 15 is 0 Å². The van der Waals surface area contributed by atoms with Gasteiger partial charge in [0.05, 0.1) is 16.6 Å². The van der Waals surface area contributed by atoms with Crippen LogP contribution in [0.25, 0.3) is 0 Å². The third-order valence-corrected chi connectivity index (χ3v) is 4.69. The number of carboxylic acid groups (broad SMARTS) is 1. The number of carbonyl (C=O) groups excluding carboxylic acids is 1. The monoisotopic (exact) mass is 272 g/mol. The minimum atomic E-state index is -0.948. The Balaban J connectivity index is 2.25. The van der Waals surface area contributed by atoms with Crippen LogP contribution in [0.5, 0.6) is 0 Å². The van der Waals surface area contributed by atoms with Gasteiger partial charge in [-0.25, -0.2) is 9.78 Å². The van der Waals surface area contributed by atoms with E-state index < -0.39 is 12.0 Å². The zero-order valence-corrected chi connectivity index (χ0v) is 11.0. The van der Waals surface area contributed by atoms with E-state index in [0.717, 1.165) is 5.01 Å². The molecule has 1 saturated heterocycles. The Morgan fingerprint density at radius 2 is 2.29 bits per heavy atom. The molecule has 0 bridgehead atoms. The maximum Gasteiger partial charge on any atom is 0.327 e. The summed E-state index contributed by atoms with van der Waals surface area (Å²) in [5.74, 6) is -0.739. The first kappa shape index (κ1) is 12.4. The summed E-state index contributed by atoms with van der Waals surface area (Å²) in [6.07, 6.45) is 1.51. The van der Waals surface area contributed by atoms with Crippen molar-refractivity contribution in [3.05, 3.63) is 16.1 Å². The average molecular weight is 272 g/mol. The third-order valence-electron chi connectivity index (χ3n) is 2.57. The quantitative estimate of drug-likeness (QED) is 0.882. The highest BCUT2D eigenvalue weighted by molar-refractivity contribution is 8.00. The van der Waals surface area contributed by atoms with Gasteiger partial charge < -0.3 is 10.0 Å².